The SMILES string of the molecule is Cc1cc(C)c(S(=O)(=O)N2CCC[C@@H](C(=O)Nc3cccc(C(F)(F)F)c3)C2)c(C)c1. The van der Waals surface area contributed by atoms with Crippen molar-refractivity contribution in [2.75, 3.05) is 18.4 Å². The fourth-order valence-electron chi connectivity index (χ4n) is 4.10. The second-order valence-electron chi connectivity index (χ2n) is 8.00. The van der Waals surface area contributed by atoms with Crippen molar-refractivity contribution in [3.8, 4) is 0 Å². The molecular weight excluding hydrogens is 429 g/mol. The molecule has 0 unspecified atom stereocenters. The Morgan fingerprint density at radius 1 is 1.10 bits per heavy atom. The smallest absolute Gasteiger partial charge is 0.326 e. The second kappa shape index (κ2) is 8.63. The van der Waals surface area contributed by atoms with Crippen LogP contribution in [0.2, 0.25) is 0 Å². The largest absolute Gasteiger partial charge is 0.416 e. The Balaban J connectivity index is 1.78. The highest BCUT2D eigenvalue weighted by Gasteiger charge is 2.35. The van der Waals surface area contributed by atoms with Gasteiger partial charge >= 0.3 is 6.18 Å². The predicted octanol–water partition coefficient (Wildman–Crippen LogP) is 4.67. The highest BCUT2D eigenvalue weighted by molar-refractivity contribution is 7.89. The van der Waals surface area contributed by atoms with Crippen molar-refractivity contribution in [3.05, 3.63) is 58.7 Å². The first-order chi connectivity index (χ1) is 14.4. The molecule has 9 heteroatoms. The molecule has 168 valence electrons. The molecule has 0 bridgehead atoms. The van der Waals surface area contributed by atoms with Gasteiger partial charge in [-0.25, -0.2) is 8.42 Å². The highest BCUT2D eigenvalue weighted by Crippen LogP contribution is 2.32. The Kier molecular flexibility index (Phi) is 6.48. The number of amides is 1. The fourth-order valence-corrected chi connectivity index (χ4v) is 6.03. The molecule has 3 rings (SSSR count). The van der Waals surface area contributed by atoms with Gasteiger partial charge in [0.1, 0.15) is 0 Å². The zero-order valence-corrected chi connectivity index (χ0v) is 18.4. The van der Waals surface area contributed by atoms with Crippen LogP contribution in [0.25, 0.3) is 0 Å². The van der Waals surface area contributed by atoms with E-state index in [2.05, 4.69) is 5.32 Å². The number of nitrogens with one attached hydrogen (secondary N) is 1. The lowest BCUT2D eigenvalue weighted by Crippen LogP contribution is -2.44. The lowest BCUT2D eigenvalue weighted by molar-refractivity contribution is -0.137. The average molecular weight is 455 g/mol. The van der Waals surface area contributed by atoms with Crippen LogP contribution < -0.4 is 5.32 Å². The number of hydrogen-bond donors (Lipinski definition) is 1. The van der Waals surface area contributed by atoms with Gasteiger partial charge in [-0.15, -0.1) is 0 Å². The van der Waals surface area contributed by atoms with Crippen molar-refractivity contribution in [2.24, 2.45) is 5.92 Å². The van der Waals surface area contributed by atoms with Crippen molar-refractivity contribution in [1.29, 1.82) is 0 Å². The molecule has 5 nitrogen and oxygen atoms in total. The Morgan fingerprint density at radius 2 is 1.74 bits per heavy atom. The second-order valence-corrected chi connectivity index (χ2v) is 9.87. The zero-order valence-electron chi connectivity index (χ0n) is 17.6. The zero-order chi connectivity index (χ0) is 23.0. The van der Waals surface area contributed by atoms with Gasteiger partial charge in [0, 0.05) is 18.8 Å². The summed E-state index contributed by atoms with van der Waals surface area (Å²) in [6, 6.07) is 8.01. The third-order valence-corrected chi connectivity index (χ3v) is 7.59. The molecule has 0 aromatic heterocycles. The number of anilines is 1. The normalized spacial score (nSPS) is 18.1. The van der Waals surface area contributed by atoms with Crippen LogP contribution in [-0.4, -0.2) is 31.7 Å². The molecule has 1 N–H and O–H groups in total. The maximum Gasteiger partial charge on any atom is 0.416 e. The van der Waals surface area contributed by atoms with Crippen LogP contribution in [0.3, 0.4) is 0 Å². The molecule has 1 atom stereocenters. The number of piperidine rings is 1. The van der Waals surface area contributed by atoms with E-state index in [1.54, 1.807) is 13.8 Å². The quantitative estimate of drug-likeness (QED) is 0.730. The third-order valence-electron chi connectivity index (χ3n) is 5.41. The molecule has 1 aliphatic heterocycles. The standard InChI is InChI=1S/C22H25F3N2O3S/c1-14-10-15(2)20(16(3)11-14)31(29,30)27-9-5-6-17(13-27)21(28)26-19-8-4-7-18(12-19)22(23,24)25/h4,7-8,10-12,17H,5-6,9,13H2,1-3H3,(H,26,28)/t17-/m1/s1. The van der Waals surface area contributed by atoms with Crippen LogP contribution >= 0.6 is 0 Å². The van der Waals surface area contributed by atoms with E-state index < -0.39 is 33.6 Å². The van der Waals surface area contributed by atoms with Gasteiger partial charge in [-0.2, -0.15) is 17.5 Å². The lowest BCUT2D eigenvalue weighted by Gasteiger charge is -2.32. The Labute approximate surface area is 180 Å². The summed E-state index contributed by atoms with van der Waals surface area (Å²) in [5.41, 5.74) is 1.43. The molecule has 1 saturated heterocycles. The van der Waals surface area contributed by atoms with E-state index in [1.165, 1.54) is 16.4 Å². The number of sulfonamides is 1. The molecule has 0 radical (unpaired) electrons. The minimum atomic E-state index is -4.51. The summed E-state index contributed by atoms with van der Waals surface area (Å²) in [5.74, 6) is -1.14. The molecule has 1 amide bonds. The van der Waals surface area contributed by atoms with Gasteiger partial charge in [0.15, 0.2) is 0 Å². The number of alkyl halides is 3. The van der Waals surface area contributed by atoms with Gasteiger partial charge in [-0.3, -0.25) is 4.79 Å². The van der Waals surface area contributed by atoms with Crippen molar-refractivity contribution in [3.63, 3.8) is 0 Å². The van der Waals surface area contributed by atoms with Gasteiger partial charge < -0.3 is 5.32 Å². The Hall–Kier alpha value is -2.39. The minimum Gasteiger partial charge on any atom is -0.326 e. The summed E-state index contributed by atoms with van der Waals surface area (Å²) in [7, 11) is -3.80. The molecule has 0 spiro atoms. The van der Waals surface area contributed by atoms with Crippen molar-refractivity contribution in [2.45, 2.75) is 44.7 Å². The maximum absolute atomic E-state index is 13.3. The Bertz CT molecular complexity index is 1070. The van der Waals surface area contributed by atoms with E-state index in [0.29, 0.717) is 30.5 Å². The van der Waals surface area contributed by atoms with E-state index in [-0.39, 0.29) is 17.1 Å². The molecular formula is C22H25F3N2O3S. The van der Waals surface area contributed by atoms with Crippen LogP contribution in [0.15, 0.2) is 41.3 Å². The maximum atomic E-state index is 13.3. The predicted molar refractivity (Wildman–Crippen MR) is 112 cm³/mol. The van der Waals surface area contributed by atoms with Crippen molar-refractivity contribution in [1.82, 2.24) is 4.31 Å². The van der Waals surface area contributed by atoms with E-state index in [1.807, 2.05) is 19.1 Å². The van der Waals surface area contributed by atoms with E-state index in [0.717, 1.165) is 17.7 Å². The third kappa shape index (κ3) is 5.10. The summed E-state index contributed by atoms with van der Waals surface area (Å²) in [4.78, 5) is 12.9. The van der Waals surface area contributed by atoms with Crippen molar-refractivity contribution < 1.29 is 26.4 Å². The number of hydrogen-bond acceptors (Lipinski definition) is 3. The van der Waals surface area contributed by atoms with E-state index >= 15 is 0 Å². The highest BCUT2D eigenvalue weighted by atomic mass is 32.2. The summed E-state index contributed by atoms with van der Waals surface area (Å²) in [5, 5.41) is 2.51. The van der Waals surface area contributed by atoms with Crippen molar-refractivity contribution >= 4 is 21.6 Å². The fraction of sp³-hybridized carbons (Fsp3) is 0.409. The number of aryl methyl sites for hydroxylation is 3. The lowest BCUT2D eigenvalue weighted by atomic mass is 9.98. The number of nitrogens with zero attached hydrogens (tertiary/aromatic N) is 1. The number of benzene rings is 2. The van der Waals surface area contributed by atoms with Gasteiger partial charge in [-0.1, -0.05) is 23.8 Å². The molecule has 2 aromatic carbocycles. The molecule has 1 heterocycles. The molecule has 31 heavy (non-hydrogen) atoms. The number of rotatable bonds is 4. The van der Waals surface area contributed by atoms with E-state index in [4.69, 9.17) is 0 Å². The first-order valence-electron chi connectivity index (χ1n) is 9.95. The monoisotopic (exact) mass is 454 g/mol. The average Bonchev–Trinajstić information content (AvgIpc) is 2.66. The number of carbonyl (C=O) groups excluding carboxylic acids is 1. The van der Waals surface area contributed by atoms with Crippen LogP contribution in [0.5, 0.6) is 0 Å². The van der Waals surface area contributed by atoms with E-state index in [9.17, 15) is 26.4 Å². The van der Waals surface area contributed by atoms with Crippen LogP contribution in [0.4, 0.5) is 18.9 Å². The Morgan fingerprint density at radius 3 is 2.35 bits per heavy atom. The van der Waals surface area contributed by atoms with Gasteiger partial charge in [0.25, 0.3) is 0 Å². The molecule has 0 saturated carbocycles. The van der Waals surface area contributed by atoms with Gasteiger partial charge in [0.2, 0.25) is 15.9 Å². The molecule has 1 aliphatic rings. The topological polar surface area (TPSA) is 66.5 Å². The summed E-state index contributed by atoms with van der Waals surface area (Å²) < 4.78 is 66.6. The summed E-state index contributed by atoms with van der Waals surface area (Å²) >= 11 is 0. The first kappa shape index (κ1) is 23.3. The van der Waals surface area contributed by atoms with Crippen LogP contribution in [-0.2, 0) is 21.0 Å². The summed E-state index contributed by atoms with van der Waals surface area (Å²) in [6.07, 6.45) is -3.56. The van der Waals surface area contributed by atoms with Crippen LogP contribution in [0.1, 0.15) is 35.1 Å². The molecule has 0 aliphatic carbocycles. The summed E-state index contributed by atoms with van der Waals surface area (Å²) in [6.45, 7) is 5.66. The van der Waals surface area contributed by atoms with Gasteiger partial charge in [0.05, 0.1) is 16.4 Å². The van der Waals surface area contributed by atoms with Gasteiger partial charge in [-0.05, 0) is 62.9 Å². The molecule has 1 fully saturated rings. The number of carbonyl (C=O) groups is 1. The number of halogens is 3. The first-order valence-corrected chi connectivity index (χ1v) is 11.4. The minimum absolute atomic E-state index is 0.0140. The molecule has 2 aromatic rings. The van der Waals surface area contributed by atoms with Crippen LogP contribution in [0, 0.1) is 26.7 Å².